The second-order valence-electron chi connectivity index (χ2n) is 5.63. The van der Waals surface area contributed by atoms with Crippen molar-refractivity contribution in [3.63, 3.8) is 0 Å². The SMILES string of the molecule is C=C(NOC)c1cccc(Nc2nc3ccccc3c3occc23)c1. The predicted molar refractivity (Wildman–Crippen MR) is 100 cm³/mol. The Hall–Kier alpha value is -3.31. The third-order valence-electron chi connectivity index (χ3n) is 4.00. The number of anilines is 2. The molecule has 4 rings (SSSR count). The topological polar surface area (TPSA) is 59.3 Å². The molecule has 0 bridgehead atoms. The van der Waals surface area contributed by atoms with Crippen LogP contribution in [0, 0.1) is 0 Å². The first-order valence-corrected chi connectivity index (χ1v) is 7.87. The first-order valence-electron chi connectivity index (χ1n) is 7.87. The number of aromatic nitrogens is 1. The van der Waals surface area contributed by atoms with E-state index in [0.29, 0.717) is 5.70 Å². The van der Waals surface area contributed by atoms with E-state index >= 15 is 0 Å². The van der Waals surface area contributed by atoms with Gasteiger partial charge < -0.3 is 9.73 Å². The fraction of sp³-hybridized carbons (Fsp3) is 0.0500. The standard InChI is InChI=1S/C20H17N3O2/c1-13(23-24-2)14-6-5-7-15(12-14)21-20-17-10-11-25-19(17)16-8-3-4-9-18(16)22-20/h3-12,23H,1H2,2H3,(H,21,22). The number of fused-ring (bicyclic) bond motifs is 3. The number of pyridine rings is 1. The Morgan fingerprint density at radius 1 is 1.08 bits per heavy atom. The summed E-state index contributed by atoms with van der Waals surface area (Å²) in [4.78, 5) is 9.66. The van der Waals surface area contributed by atoms with Gasteiger partial charge in [0.15, 0.2) is 0 Å². The summed E-state index contributed by atoms with van der Waals surface area (Å²) in [5.74, 6) is 0.755. The lowest BCUT2D eigenvalue weighted by molar-refractivity contribution is 0.137. The zero-order chi connectivity index (χ0) is 17.2. The maximum absolute atomic E-state index is 5.68. The summed E-state index contributed by atoms with van der Waals surface area (Å²) < 4.78 is 5.68. The van der Waals surface area contributed by atoms with E-state index in [0.717, 1.165) is 38.9 Å². The van der Waals surface area contributed by atoms with E-state index < -0.39 is 0 Å². The fourth-order valence-electron chi connectivity index (χ4n) is 2.85. The van der Waals surface area contributed by atoms with Crippen molar-refractivity contribution in [1.29, 1.82) is 0 Å². The van der Waals surface area contributed by atoms with Crippen molar-refractivity contribution in [2.45, 2.75) is 0 Å². The van der Waals surface area contributed by atoms with Crippen molar-refractivity contribution in [2.24, 2.45) is 0 Å². The van der Waals surface area contributed by atoms with Crippen LogP contribution in [0.15, 0.2) is 71.9 Å². The average molecular weight is 331 g/mol. The molecule has 2 heterocycles. The van der Waals surface area contributed by atoms with E-state index in [2.05, 4.69) is 17.4 Å². The first kappa shape index (κ1) is 15.2. The molecule has 2 aromatic carbocycles. The van der Waals surface area contributed by atoms with Gasteiger partial charge in [-0.3, -0.25) is 10.3 Å². The number of hydrogen-bond donors (Lipinski definition) is 2. The third kappa shape index (κ3) is 2.81. The maximum atomic E-state index is 5.68. The Balaban J connectivity index is 1.76. The van der Waals surface area contributed by atoms with Crippen LogP contribution in [-0.4, -0.2) is 12.1 Å². The molecule has 5 nitrogen and oxygen atoms in total. The molecule has 0 aliphatic carbocycles. The van der Waals surface area contributed by atoms with Gasteiger partial charge in [-0.25, -0.2) is 4.98 Å². The van der Waals surface area contributed by atoms with Gasteiger partial charge >= 0.3 is 0 Å². The van der Waals surface area contributed by atoms with Gasteiger partial charge in [-0.15, -0.1) is 0 Å². The minimum Gasteiger partial charge on any atom is -0.463 e. The molecule has 25 heavy (non-hydrogen) atoms. The summed E-state index contributed by atoms with van der Waals surface area (Å²) in [5, 5.41) is 5.32. The van der Waals surface area contributed by atoms with Crippen molar-refractivity contribution in [3.05, 3.63) is 73.0 Å². The molecule has 2 aromatic heterocycles. The quantitative estimate of drug-likeness (QED) is 0.512. The van der Waals surface area contributed by atoms with Gasteiger partial charge in [-0.05, 0) is 30.3 Å². The largest absolute Gasteiger partial charge is 0.463 e. The lowest BCUT2D eigenvalue weighted by atomic mass is 10.1. The highest BCUT2D eigenvalue weighted by molar-refractivity contribution is 6.07. The molecule has 0 aliphatic heterocycles. The van der Waals surface area contributed by atoms with Crippen LogP contribution in [0.4, 0.5) is 11.5 Å². The fourth-order valence-corrected chi connectivity index (χ4v) is 2.85. The van der Waals surface area contributed by atoms with Crippen molar-refractivity contribution in [1.82, 2.24) is 10.5 Å². The molecule has 0 saturated heterocycles. The smallest absolute Gasteiger partial charge is 0.146 e. The highest BCUT2D eigenvalue weighted by Gasteiger charge is 2.11. The van der Waals surface area contributed by atoms with Crippen molar-refractivity contribution in [3.8, 4) is 0 Å². The molecule has 0 radical (unpaired) electrons. The highest BCUT2D eigenvalue weighted by atomic mass is 16.6. The Morgan fingerprint density at radius 3 is 2.84 bits per heavy atom. The van der Waals surface area contributed by atoms with Crippen LogP contribution in [0.2, 0.25) is 0 Å². The number of nitrogens with one attached hydrogen (secondary N) is 2. The van der Waals surface area contributed by atoms with E-state index in [1.54, 1.807) is 13.4 Å². The lowest BCUT2D eigenvalue weighted by Crippen LogP contribution is -2.08. The van der Waals surface area contributed by atoms with E-state index in [1.165, 1.54) is 0 Å². The Labute approximate surface area is 144 Å². The molecule has 0 spiro atoms. The highest BCUT2D eigenvalue weighted by Crippen LogP contribution is 2.32. The van der Waals surface area contributed by atoms with Crippen LogP contribution in [0.3, 0.4) is 0 Å². The molecule has 2 N–H and O–H groups in total. The van der Waals surface area contributed by atoms with Crippen molar-refractivity contribution >= 4 is 39.1 Å². The average Bonchev–Trinajstić information content (AvgIpc) is 3.13. The van der Waals surface area contributed by atoms with E-state index in [1.807, 2.05) is 54.6 Å². The number of benzene rings is 2. The van der Waals surface area contributed by atoms with Crippen LogP contribution in [0.1, 0.15) is 5.56 Å². The number of para-hydroxylation sites is 1. The van der Waals surface area contributed by atoms with Gasteiger partial charge in [-0.1, -0.05) is 30.8 Å². The molecule has 124 valence electrons. The number of furan rings is 1. The van der Waals surface area contributed by atoms with Crippen LogP contribution < -0.4 is 10.8 Å². The van der Waals surface area contributed by atoms with Gasteiger partial charge in [0.05, 0.1) is 30.0 Å². The van der Waals surface area contributed by atoms with E-state index in [-0.39, 0.29) is 0 Å². The second kappa shape index (κ2) is 6.30. The normalized spacial score (nSPS) is 10.9. The summed E-state index contributed by atoms with van der Waals surface area (Å²) >= 11 is 0. The summed E-state index contributed by atoms with van der Waals surface area (Å²) in [5.41, 5.74) is 6.98. The van der Waals surface area contributed by atoms with Crippen molar-refractivity contribution in [2.75, 3.05) is 12.4 Å². The van der Waals surface area contributed by atoms with E-state index in [4.69, 9.17) is 14.2 Å². The Kier molecular flexibility index (Phi) is 3.84. The van der Waals surface area contributed by atoms with Gasteiger partial charge in [0.2, 0.25) is 0 Å². The molecular formula is C20H17N3O2. The molecule has 0 fully saturated rings. The van der Waals surface area contributed by atoms with Crippen molar-refractivity contribution < 1.29 is 9.25 Å². The molecule has 0 unspecified atom stereocenters. The van der Waals surface area contributed by atoms with Crippen LogP contribution in [0.25, 0.3) is 27.6 Å². The molecule has 0 amide bonds. The van der Waals surface area contributed by atoms with Crippen LogP contribution >= 0.6 is 0 Å². The number of hydrogen-bond acceptors (Lipinski definition) is 5. The molecule has 5 heteroatoms. The Morgan fingerprint density at radius 2 is 1.96 bits per heavy atom. The van der Waals surface area contributed by atoms with Gasteiger partial charge in [-0.2, -0.15) is 0 Å². The Bertz CT molecular complexity index is 1070. The number of nitrogens with zero attached hydrogens (tertiary/aromatic N) is 1. The molecule has 0 aliphatic rings. The molecule has 4 aromatic rings. The number of rotatable bonds is 5. The molecule has 0 atom stereocenters. The summed E-state index contributed by atoms with van der Waals surface area (Å²) in [7, 11) is 1.56. The predicted octanol–water partition coefficient (Wildman–Crippen LogP) is 4.85. The minimum atomic E-state index is 0.686. The summed E-state index contributed by atoms with van der Waals surface area (Å²) in [6, 6.07) is 17.7. The first-order chi connectivity index (χ1) is 12.3. The van der Waals surface area contributed by atoms with Crippen LogP contribution in [-0.2, 0) is 4.84 Å². The van der Waals surface area contributed by atoms with Gasteiger partial charge in [0, 0.05) is 16.6 Å². The van der Waals surface area contributed by atoms with Gasteiger partial charge in [0.25, 0.3) is 0 Å². The van der Waals surface area contributed by atoms with Gasteiger partial charge in [0.1, 0.15) is 11.4 Å². The van der Waals surface area contributed by atoms with Crippen LogP contribution in [0.5, 0.6) is 0 Å². The number of hydroxylamine groups is 1. The summed E-state index contributed by atoms with van der Waals surface area (Å²) in [6.07, 6.45) is 1.69. The zero-order valence-electron chi connectivity index (χ0n) is 13.7. The third-order valence-corrected chi connectivity index (χ3v) is 4.00. The lowest BCUT2D eigenvalue weighted by Gasteiger charge is -2.11. The zero-order valence-corrected chi connectivity index (χ0v) is 13.7. The molecular weight excluding hydrogens is 314 g/mol. The summed E-state index contributed by atoms with van der Waals surface area (Å²) in [6.45, 7) is 3.95. The monoisotopic (exact) mass is 331 g/mol. The second-order valence-corrected chi connectivity index (χ2v) is 5.63. The molecule has 0 saturated carbocycles. The minimum absolute atomic E-state index is 0.686. The maximum Gasteiger partial charge on any atom is 0.146 e. The van der Waals surface area contributed by atoms with E-state index in [9.17, 15) is 0 Å².